The van der Waals surface area contributed by atoms with E-state index in [-0.39, 0.29) is 5.41 Å². The molecule has 0 saturated carbocycles. The molecule has 10 rings (SSSR count). The topological polar surface area (TPSA) is 12.5 Å². The van der Waals surface area contributed by atoms with Crippen molar-refractivity contribution in [3.63, 3.8) is 0 Å². The normalized spacial score (nSPS) is 14.4. The average molecular weight is 668 g/mol. The minimum atomic E-state index is -0.603. The Hall–Kier alpha value is -6.38. The van der Waals surface area contributed by atoms with Gasteiger partial charge in [-0.15, -0.1) is 0 Å². The van der Waals surface area contributed by atoms with Crippen LogP contribution in [0, 0.1) is 0 Å². The van der Waals surface area contributed by atoms with Gasteiger partial charge >= 0.3 is 0 Å². The van der Waals surface area contributed by atoms with Gasteiger partial charge in [-0.1, -0.05) is 159 Å². The van der Waals surface area contributed by atoms with Crippen LogP contribution in [0.4, 0.5) is 17.1 Å². The summed E-state index contributed by atoms with van der Waals surface area (Å²) in [5.74, 6) is 1.80. The molecule has 52 heavy (non-hydrogen) atoms. The number of benzene rings is 8. The van der Waals surface area contributed by atoms with E-state index in [1.807, 2.05) is 0 Å². The minimum Gasteiger partial charge on any atom is -0.457 e. The number of ether oxygens (including phenoxy) is 1. The number of anilines is 3. The Balaban J connectivity index is 1.37. The van der Waals surface area contributed by atoms with Crippen molar-refractivity contribution in [1.29, 1.82) is 0 Å². The Morgan fingerprint density at radius 1 is 0.423 bits per heavy atom. The molecule has 0 bridgehead atoms. The molecular weight excluding hydrogens is 631 g/mol. The van der Waals surface area contributed by atoms with E-state index < -0.39 is 5.41 Å². The van der Waals surface area contributed by atoms with E-state index in [9.17, 15) is 0 Å². The number of hydrogen-bond acceptors (Lipinski definition) is 2. The van der Waals surface area contributed by atoms with Gasteiger partial charge in [0.25, 0.3) is 0 Å². The lowest BCUT2D eigenvalue weighted by atomic mass is 9.66. The van der Waals surface area contributed by atoms with Crippen LogP contribution < -0.4 is 9.64 Å². The molecule has 0 unspecified atom stereocenters. The second-order valence-corrected chi connectivity index (χ2v) is 14.5. The third-order valence-electron chi connectivity index (χ3n) is 11.3. The van der Waals surface area contributed by atoms with Crippen molar-refractivity contribution in [1.82, 2.24) is 0 Å². The molecule has 0 saturated heterocycles. The van der Waals surface area contributed by atoms with Crippen molar-refractivity contribution in [2.24, 2.45) is 0 Å². The highest BCUT2D eigenvalue weighted by atomic mass is 16.5. The molecule has 1 aliphatic heterocycles. The Morgan fingerprint density at radius 2 is 0.962 bits per heavy atom. The van der Waals surface area contributed by atoms with Crippen LogP contribution in [0.25, 0.3) is 21.9 Å². The van der Waals surface area contributed by atoms with E-state index in [1.165, 1.54) is 49.7 Å². The predicted octanol–water partition coefficient (Wildman–Crippen LogP) is 13.1. The number of rotatable bonds is 5. The van der Waals surface area contributed by atoms with Gasteiger partial charge < -0.3 is 9.64 Å². The zero-order chi connectivity index (χ0) is 34.9. The van der Waals surface area contributed by atoms with Crippen LogP contribution in [0.1, 0.15) is 47.2 Å². The van der Waals surface area contributed by atoms with E-state index in [0.29, 0.717) is 0 Å². The van der Waals surface area contributed by atoms with Crippen LogP contribution in [0.2, 0.25) is 0 Å². The Morgan fingerprint density at radius 3 is 1.65 bits per heavy atom. The minimum absolute atomic E-state index is 0.339. The second kappa shape index (κ2) is 11.6. The van der Waals surface area contributed by atoms with Gasteiger partial charge in [0, 0.05) is 22.2 Å². The maximum atomic E-state index is 6.73. The summed E-state index contributed by atoms with van der Waals surface area (Å²) in [5, 5.41) is 2.40. The predicted molar refractivity (Wildman–Crippen MR) is 215 cm³/mol. The molecule has 0 spiro atoms. The highest BCUT2D eigenvalue weighted by molar-refractivity contribution is 5.97. The summed E-state index contributed by atoms with van der Waals surface area (Å²) in [4.78, 5) is 2.49. The maximum absolute atomic E-state index is 6.73. The molecule has 0 radical (unpaired) electrons. The Bertz CT molecular complexity index is 2590. The number of fused-ring (bicyclic) bond motifs is 6. The van der Waals surface area contributed by atoms with Crippen LogP contribution in [0.5, 0.6) is 11.5 Å². The number of hydrogen-bond donors (Lipinski definition) is 0. The van der Waals surface area contributed by atoms with Crippen molar-refractivity contribution in [3.8, 4) is 22.6 Å². The summed E-state index contributed by atoms with van der Waals surface area (Å²) in [7, 11) is 0. The molecule has 0 fully saturated rings. The molecule has 2 aliphatic rings. The zero-order valence-electron chi connectivity index (χ0n) is 29.3. The summed E-state index contributed by atoms with van der Waals surface area (Å²) >= 11 is 0. The first-order valence-corrected chi connectivity index (χ1v) is 18.1. The molecule has 0 atom stereocenters. The van der Waals surface area contributed by atoms with Gasteiger partial charge in [-0.2, -0.15) is 0 Å². The Labute approximate surface area is 305 Å². The lowest BCUT2D eigenvalue weighted by Crippen LogP contribution is -2.32. The van der Waals surface area contributed by atoms with Gasteiger partial charge in [0.15, 0.2) is 0 Å². The highest BCUT2D eigenvalue weighted by Crippen LogP contribution is 2.60. The van der Waals surface area contributed by atoms with Gasteiger partial charge in [0.05, 0.1) is 16.8 Å². The molecule has 0 N–H and O–H groups in total. The molecular formula is C50H37NO. The van der Waals surface area contributed by atoms with Gasteiger partial charge in [0.2, 0.25) is 0 Å². The van der Waals surface area contributed by atoms with E-state index in [2.05, 4.69) is 207 Å². The van der Waals surface area contributed by atoms with Gasteiger partial charge in [0.1, 0.15) is 11.5 Å². The van der Waals surface area contributed by atoms with Crippen molar-refractivity contribution < 1.29 is 4.74 Å². The van der Waals surface area contributed by atoms with E-state index in [1.54, 1.807) is 0 Å². The van der Waals surface area contributed by atoms with Gasteiger partial charge in [-0.25, -0.2) is 0 Å². The molecule has 2 heteroatoms. The highest BCUT2D eigenvalue weighted by Gasteiger charge is 2.48. The number of nitrogens with zero attached hydrogens (tertiary/aromatic N) is 1. The first-order chi connectivity index (χ1) is 25.6. The second-order valence-electron chi connectivity index (χ2n) is 14.5. The summed E-state index contributed by atoms with van der Waals surface area (Å²) in [6.45, 7) is 4.66. The summed E-state index contributed by atoms with van der Waals surface area (Å²) in [5.41, 5.74) is 12.3. The summed E-state index contributed by atoms with van der Waals surface area (Å²) in [6, 6.07) is 68.6. The molecule has 248 valence electrons. The van der Waals surface area contributed by atoms with E-state index in [0.717, 1.165) is 34.1 Å². The fraction of sp³-hybridized carbons (Fsp3) is 0.0800. The van der Waals surface area contributed by atoms with Crippen LogP contribution in [0.15, 0.2) is 188 Å². The van der Waals surface area contributed by atoms with Gasteiger partial charge in [-0.05, 0) is 86.6 Å². The van der Waals surface area contributed by atoms with Gasteiger partial charge in [-0.3, -0.25) is 0 Å². The van der Waals surface area contributed by atoms with E-state index in [4.69, 9.17) is 4.74 Å². The van der Waals surface area contributed by atoms with Crippen molar-refractivity contribution in [2.75, 3.05) is 4.90 Å². The first-order valence-electron chi connectivity index (χ1n) is 18.1. The fourth-order valence-electron chi connectivity index (χ4n) is 9.12. The molecule has 1 heterocycles. The van der Waals surface area contributed by atoms with Crippen molar-refractivity contribution in [2.45, 2.75) is 24.7 Å². The molecule has 1 aliphatic carbocycles. The Kier molecular flexibility index (Phi) is 6.78. The smallest absolute Gasteiger partial charge is 0.133 e. The van der Waals surface area contributed by atoms with Crippen LogP contribution >= 0.6 is 0 Å². The average Bonchev–Trinajstić information content (AvgIpc) is 3.49. The summed E-state index contributed by atoms with van der Waals surface area (Å²) in [6.07, 6.45) is 0. The molecule has 2 nitrogen and oxygen atoms in total. The largest absolute Gasteiger partial charge is 0.457 e. The van der Waals surface area contributed by atoms with Crippen LogP contribution in [-0.2, 0) is 10.8 Å². The molecule has 0 aromatic heterocycles. The van der Waals surface area contributed by atoms with Crippen molar-refractivity contribution >= 4 is 27.8 Å². The molecule has 0 amide bonds. The fourth-order valence-corrected chi connectivity index (χ4v) is 9.12. The third kappa shape index (κ3) is 4.31. The third-order valence-corrected chi connectivity index (χ3v) is 11.3. The monoisotopic (exact) mass is 667 g/mol. The lowest BCUT2D eigenvalue weighted by Gasteiger charge is -2.41. The molecule has 8 aromatic carbocycles. The van der Waals surface area contributed by atoms with Crippen LogP contribution in [-0.4, -0.2) is 0 Å². The van der Waals surface area contributed by atoms with Crippen LogP contribution in [0.3, 0.4) is 0 Å². The lowest BCUT2D eigenvalue weighted by molar-refractivity contribution is 0.418. The molecule has 8 aromatic rings. The first kappa shape index (κ1) is 30.4. The standard InChI is InChI=1S/C50H37NO/c1-49(2)42-28-15-16-30-46(42)52-47-31-17-29-44(48(47)49)51(37-22-7-4-8-23-37)45-33-35-19-10-9-18-34(35)32-43(45)50(36-20-5-3-6-21-36)40-26-13-11-24-38(40)39-25-12-14-27-41(39)50/h3-33H,1-2H3. The summed E-state index contributed by atoms with van der Waals surface area (Å²) < 4.78 is 6.73. The quantitative estimate of drug-likeness (QED) is 0.181. The maximum Gasteiger partial charge on any atom is 0.133 e. The zero-order valence-corrected chi connectivity index (χ0v) is 29.3. The van der Waals surface area contributed by atoms with E-state index >= 15 is 0 Å². The van der Waals surface area contributed by atoms with Crippen molar-refractivity contribution in [3.05, 3.63) is 221 Å². The number of para-hydroxylation sites is 2. The SMILES string of the molecule is CC1(C)c2ccccc2Oc2cccc(N(c3ccccc3)c3cc4ccccc4cc3C3(c4ccccc4)c4ccccc4-c4ccccc43)c21.